The molecule has 2 amide bonds. The molecule has 2 heterocycles. The highest BCUT2D eigenvalue weighted by Crippen LogP contribution is 2.56. The molecule has 7 nitrogen and oxygen atoms in total. The Morgan fingerprint density at radius 2 is 2.06 bits per heavy atom. The zero-order chi connectivity index (χ0) is 22.6. The number of anilines is 1. The smallest absolute Gasteiger partial charge is 0.274 e. The van der Waals surface area contributed by atoms with E-state index in [9.17, 15) is 19.1 Å². The van der Waals surface area contributed by atoms with E-state index < -0.39 is 11.4 Å². The van der Waals surface area contributed by atoms with Crippen LogP contribution in [0.15, 0.2) is 24.5 Å². The van der Waals surface area contributed by atoms with Gasteiger partial charge in [0, 0.05) is 25.2 Å². The first-order valence-corrected chi connectivity index (χ1v) is 11.4. The minimum Gasteiger partial charge on any atom is -0.389 e. The molecule has 1 saturated heterocycles. The first-order chi connectivity index (χ1) is 15.2. The average molecular weight is 461 g/mol. The first kappa shape index (κ1) is 21.4. The third-order valence-electron chi connectivity index (χ3n) is 7.51. The van der Waals surface area contributed by atoms with E-state index in [-0.39, 0.29) is 28.7 Å². The van der Waals surface area contributed by atoms with Crippen LogP contribution in [0.5, 0.6) is 0 Å². The molecule has 3 aliphatic rings. The molecule has 2 saturated carbocycles. The van der Waals surface area contributed by atoms with Gasteiger partial charge in [-0.25, -0.2) is 9.37 Å². The molecule has 2 aromatic rings. The highest BCUT2D eigenvalue weighted by atomic mass is 35.5. The van der Waals surface area contributed by atoms with E-state index >= 15 is 0 Å². The Labute approximate surface area is 190 Å². The highest BCUT2D eigenvalue weighted by Gasteiger charge is 2.55. The molecule has 9 heteroatoms. The zero-order valence-corrected chi connectivity index (χ0v) is 18.5. The molecular weight excluding hydrogens is 435 g/mol. The van der Waals surface area contributed by atoms with Crippen LogP contribution in [0.3, 0.4) is 0 Å². The molecular formula is C23H26ClFN4O3. The van der Waals surface area contributed by atoms with Gasteiger partial charge in [0.25, 0.3) is 5.91 Å². The Balaban J connectivity index is 1.31. The Morgan fingerprint density at radius 1 is 1.34 bits per heavy atom. The number of carbonyl (C=O) groups excluding carboxylic acids is 2. The number of rotatable bonds is 4. The lowest BCUT2D eigenvalue weighted by Gasteiger charge is -2.29. The van der Waals surface area contributed by atoms with Crippen LogP contribution in [0.2, 0.25) is 5.02 Å². The maximum absolute atomic E-state index is 13.4. The fourth-order valence-electron chi connectivity index (χ4n) is 6.11. The summed E-state index contributed by atoms with van der Waals surface area (Å²) in [6.07, 6.45) is 5.23. The molecule has 1 aromatic carbocycles. The van der Waals surface area contributed by atoms with Gasteiger partial charge in [0.05, 0.1) is 28.6 Å². The van der Waals surface area contributed by atoms with Crippen molar-refractivity contribution in [2.45, 2.75) is 43.6 Å². The standard InChI is InChI=1S/C23H26ClFN4O3/c1-29-11-27-19(20(29)22(31)28-15-2-3-18(25)17(24)8-15)12-6-13-9-23(32,10-14(13)7-12)16-4-5-26-21(16)30/h2-3,8,11-14,16,32H,4-7,9-10H2,1H3,(H,26,30)(H,28,31)/t12?,13?,14?,16-,23?/m0/s1. The normalized spacial score (nSPS) is 31.6. The molecule has 3 fully saturated rings. The number of benzene rings is 1. The van der Waals surface area contributed by atoms with Gasteiger partial charge < -0.3 is 20.3 Å². The molecule has 3 N–H and O–H groups in total. The topological polar surface area (TPSA) is 96.2 Å². The molecule has 1 aliphatic heterocycles. The molecule has 170 valence electrons. The largest absolute Gasteiger partial charge is 0.389 e. The third-order valence-corrected chi connectivity index (χ3v) is 7.80. The summed E-state index contributed by atoms with van der Waals surface area (Å²) < 4.78 is 15.1. The van der Waals surface area contributed by atoms with Crippen molar-refractivity contribution in [2.24, 2.45) is 24.8 Å². The Kier molecular flexibility index (Phi) is 5.25. The number of nitrogens with zero attached hydrogens (tertiary/aromatic N) is 2. The number of imidazole rings is 1. The van der Waals surface area contributed by atoms with Gasteiger partial charge in [0.1, 0.15) is 11.5 Å². The van der Waals surface area contributed by atoms with Crippen molar-refractivity contribution in [3.63, 3.8) is 0 Å². The van der Waals surface area contributed by atoms with Gasteiger partial charge in [-0.3, -0.25) is 9.59 Å². The van der Waals surface area contributed by atoms with E-state index in [1.54, 1.807) is 17.9 Å². The van der Waals surface area contributed by atoms with Crippen LogP contribution in [0.1, 0.15) is 54.2 Å². The highest BCUT2D eigenvalue weighted by molar-refractivity contribution is 6.31. The number of aromatic nitrogens is 2. The quantitative estimate of drug-likeness (QED) is 0.652. The van der Waals surface area contributed by atoms with Crippen molar-refractivity contribution in [3.8, 4) is 0 Å². The molecule has 0 radical (unpaired) electrons. The fraction of sp³-hybridized carbons (Fsp3) is 0.522. The predicted molar refractivity (Wildman–Crippen MR) is 117 cm³/mol. The Morgan fingerprint density at radius 3 is 2.69 bits per heavy atom. The van der Waals surface area contributed by atoms with Crippen molar-refractivity contribution in [1.82, 2.24) is 14.9 Å². The van der Waals surface area contributed by atoms with E-state index in [0.29, 0.717) is 49.0 Å². The summed E-state index contributed by atoms with van der Waals surface area (Å²) in [7, 11) is 1.77. The number of carbonyl (C=O) groups is 2. The lowest BCUT2D eigenvalue weighted by molar-refractivity contribution is -0.131. The van der Waals surface area contributed by atoms with Crippen LogP contribution in [-0.4, -0.2) is 38.6 Å². The minimum absolute atomic E-state index is 0.0337. The van der Waals surface area contributed by atoms with E-state index in [4.69, 9.17) is 11.6 Å². The van der Waals surface area contributed by atoms with Gasteiger partial charge in [0.15, 0.2) is 0 Å². The number of nitrogens with one attached hydrogen (secondary N) is 2. The van der Waals surface area contributed by atoms with Gasteiger partial charge in [-0.05, 0) is 62.1 Å². The molecule has 5 rings (SSSR count). The molecule has 0 bridgehead atoms. The SMILES string of the molecule is Cn1cnc(C2CC3CC(O)([C@H]4CCNC4=O)CC3C2)c1C(=O)Nc1ccc(F)c(Cl)c1. The number of fused-ring (bicyclic) bond motifs is 1. The van der Waals surface area contributed by atoms with Crippen molar-refractivity contribution in [3.05, 3.63) is 46.8 Å². The van der Waals surface area contributed by atoms with Crippen LogP contribution in [0, 0.1) is 23.6 Å². The molecule has 3 atom stereocenters. The summed E-state index contributed by atoms with van der Waals surface area (Å²) in [6.45, 7) is 0.634. The van der Waals surface area contributed by atoms with Crippen LogP contribution in [-0.2, 0) is 11.8 Å². The predicted octanol–water partition coefficient (Wildman–Crippen LogP) is 3.24. The molecule has 1 aromatic heterocycles. The maximum Gasteiger partial charge on any atom is 0.274 e. The summed E-state index contributed by atoms with van der Waals surface area (Å²) in [5, 5.41) is 16.8. The van der Waals surface area contributed by atoms with Crippen LogP contribution < -0.4 is 10.6 Å². The van der Waals surface area contributed by atoms with Gasteiger partial charge in [0.2, 0.25) is 5.91 Å². The fourth-order valence-corrected chi connectivity index (χ4v) is 6.29. The van der Waals surface area contributed by atoms with Crippen LogP contribution in [0.25, 0.3) is 0 Å². The van der Waals surface area contributed by atoms with Crippen LogP contribution in [0.4, 0.5) is 10.1 Å². The molecule has 2 unspecified atom stereocenters. The van der Waals surface area contributed by atoms with Crippen molar-refractivity contribution in [1.29, 1.82) is 0 Å². The summed E-state index contributed by atoms with van der Waals surface area (Å²) in [5.74, 6) is -0.471. The summed E-state index contributed by atoms with van der Waals surface area (Å²) in [4.78, 5) is 29.7. The second-order valence-electron chi connectivity index (χ2n) is 9.50. The number of amides is 2. The third kappa shape index (κ3) is 3.59. The van der Waals surface area contributed by atoms with Crippen molar-refractivity contribution >= 4 is 29.1 Å². The van der Waals surface area contributed by atoms with Crippen LogP contribution >= 0.6 is 11.6 Å². The second kappa shape index (κ2) is 7.85. The van der Waals surface area contributed by atoms with Gasteiger partial charge in [-0.15, -0.1) is 0 Å². The lowest BCUT2D eigenvalue weighted by atomic mass is 9.81. The molecule has 2 aliphatic carbocycles. The number of hydrogen-bond acceptors (Lipinski definition) is 4. The zero-order valence-electron chi connectivity index (χ0n) is 17.8. The summed E-state index contributed by atoms with van der Waals surface area (Å²) >= 11 is 5.83. The first-order valence-electron chi connectivity index (χ1n) is 11.0. The number of halogens is 2. The number of hydrogen-bond donors (Lipinski definition) is 3. The average Bonchev–Trinajstić information content (AvgIpc) is 3.47. The summed E-state index contributed by atoms with van der Waals surface area (Å²) in [5.41, 5.74) is 0.708. The van der Waals surface area contributed by atoms with Crippen molar-refractivity contribution in [2.75, 3.05) is 11.9 Å². The van der Waals surface area contributed by atoms with Gasteiger partial charge in [-0.2, -0.15) is 0 Å². The van der Waals surface area contributed by atoms with Crippen molar-refractivity contribution < 1.29 is 19.1 Å². The second-order valence-corrected chi connectivity index (χ2v) is 9.91. The van der Waals surface area contributed by atoms with Gasteiger partial charge in [-0.1, -0.05) is 11.6 Å². The lowest BCUT2D eigenvalue weighted by Crippen LogP contribution is -2.40. The van der Waals surface area contributed by atoms with E-state index in [1.165, 1.54) is 18.2 Å². The molecule has 0 spiro atoms. The Hall–Kier alpha value is -2.45. The van der Waals surface area contributed by atoms with E-state index in [0.717, 1.165) is 18.5 Å². The summed E-state index contributed by atoms with van der Waals surface area (Å²) in [6, 6.07) is 4.06. The number of aliphatic hydroxyl groups is 1. The van der Waals surface area contributed by atoms with E-state index in [2.05, 4.69) is 15.6 Å². The molecule has 32 heavy (non-hydrogen) atoms. The maximum atomic E-state index is 13.4. The monoisotopic (exact) mass is 460 g/mol. The van der Waals surface area contributed by atoms with E-state index in [1.807, 2.05) is 0 Å². The Bertz CT molecular complexity index is 1070. The number of aryl methyl sites for hydroxylation is 1. The van der Waals surface area contributed by atoms with Gasteiger partial charge >= 0.3 is 0 Å². The minimum atomic E-state index is -0.924.